The molecule has 0 unspecified atom stereocenters. The van der Waals surface area contributed by atoms with Gasteiger partial charge in [0.15, 0.2) is 5.65 Å². The van der Waals surface area contributed by atoms with Gasteiger partial charge in [-0.25, -0.2) is 9.50 Å². The molecule has 3 rings (SSSR count). The van der Waals surface area contributed by atoms with E-state index in [1.54, 1.807) is 29.0 Å². The standard InChI is InChI=1S/C14H11BrN4O/c1-9-2-3-11(10(15)8-9)17-14(20)12-4-5-13-16-6-7-19(13)18-12/h2-8H,1H3,(H,17,20). The Hall–Kier alpha value is -2.21. The highest BCUT2D eigenvalue weighted by Gasteiger charge is 2.10. The molecule has 20 heavy (non-hydrogen) atoms. The second kappa shape index (κ2) is 5.05. The number of halogens is 1. The summed E-state index contributed by atoms with van der Waals surface area (Å²) in [5, 5.41) is 7.03. The topological polar surface area (TPSA) is 59.3 Å². The van der Waals surface area contributed by atoms with Gasteiger partial charge in [-0.15, -0.1) is 0 Å². The Morgan fingerprint density at radius 2 is 2.15 bits per heavy atom. The first-order valence-corrected chi connectivity index (χ1v) is 6.81. The number of rotatable bonds is 2. The van der Waals surface area contributed by atoms with E-state index in [0.717, 1.165) is 10.0 Å². The molecule has 0 atom stereocenters. The molecular formula is C14H11BrN4O. The van der Waals surface area contributed by atoms with Crippen LogP contribution in [0.2, 0.25) is 0 Å². The smallest absolute Gasteiger partial charge is 0.276 e. The molecule has 6 heteroatoms. The Balaban J connectivity index is 1.88. The maximum atomic E-state index is 12.2. The Labute approximate surface area is 123 Å². The van der Waals surface area contributed by atoms with Crippen molar-refractivity contribution in [1.82, 2.24) is 14.6 Å². The van der Waals surface area contributed by atoms with Crippen LogP contribution in [0, 0.1) is 6.92 Å². The Bertz CT molecular complexity index is 797. The van der Waals surface area contributed by atoms with Crippen LogP contribution in [0.25, 0.3) is 5.65 Å². The summed E-state index contributed by atoms with van der Waals surface area (Å²) in [5.41, 5.74) is 2.88. The highest BCUT2D eigenvalue weighted by molar-refractivity contribution is 9.10. The molecule has 0 aliphatic heterocycles. The lowest BCUT2D eigenvalue weighted by atomic mass is 10.2. The zero-order valence-corrected chi connectivity index (χ0v) is 12.3. The summed E-state index contributed by atoms with van der Waals surface area (Å²) in [6.07, 6.45) is 3.34. The minimum atomic E-state index is -0.259. The van der Waals surface area contributed by atoms with Gasteiger partial charge in [-0.1, -0.05) is 6.07 Å². The minimum Gasteiger partial charge on any atom is -0.320 e. The first kappa shape index (κ1) is 12.8. The molecule has 0 spiro atoms. The minimum absolute atomic E-state index is 0.259. The average molecular weight is 331 g/mol. The van der Waals surface area contributed by atoms with E-state index < -0.39 is 0 Å². The molecule has 0 bridgehead atoms. The molecule has 0 aliphatic carbocycles. The zero-order valence-electron chi connectivity index (χ0n) is 10.7. The van der Waals surface area contributed by atoms with Crippen LogP contribution < -0.4 is 5.32 Å². The van der Waals surface area contributed by atoms with Crippen LogP contribution in [0.3, 0.4) is 0 Å². The number of amides is 1. The fourth-order valence-electron chi connectivity index (χ4n) is 1.84. The number of hydrogen-bond donors (Lipinski definition) is 1. The van der Waals surface area contributed by atoms with Crippen LogP contribution in [0.5, 0.6) is 0 Å². The van der Waals surface area contributed by atoms with E-state index in [9.17, 15) is 4.79 Å². The largest absolute Gasteiger partial charge is 0.320 e. The predicted molar refractivity (Wildman–Crippen MR) is 79.8 cm³/mol. The van der Waals surface area contributed by atoms with Crippen LogP contribution in [-0.2, 0) is 0 Å². The van der Waals surface area contributed by atoms with Gasteiger partial charge in [0.1, 0.15) is 5.69 Å². The Morgan fingerprint density at radius 3 is 2.95 bits per heavy atom. The molecule has 0 saturated heterocycles. The van der Waals surface area contributed by atoms with Crippen molar-refractivity contribution in [3.05, 3.63) is 58.5 Å². The van der Waals surface area contributed by atoms with Gasteiger partial charge in [0.05, 0.1) is 5.69 Å². The van der Waals surface area contributed by atoms with Gasteiger partial charge in [-0.2, -0.15) is 5.10 Å². The molecule has 1 N–H and O–H groups in total. The molecule has 100 valence electrons. The molecule has 0 radical (unpaired) electrons. The van der Waals surface area contributed by atoms with E-state index in [1.807, 2.05) is 25.1 Å². The molecule has 0 fully saturated rings. The fraction of sp³-hybridized carbons (Fsp3) is 0.0714. The third kappa shape index (κ3) is 2.42. The average Bonchev–Trinajstić information content (AvgIpc) is 2.89. The Kier molecular flexibility index (Phi) is 3.23. The number of fused-ring (bicyclic) bond motifs is 1. The number of benzene rings is 1. The van der Waals surface area contributed by atoms with Crippen molar-refractivity contribution in [3.8, 4) is 0 Å². The molecule has 0 aliphatic rings. The van der Waals surface area contributed by atoms with Crippen molar-refractivity contribution in [2.24, 2.45) is 0 Å². The van der Waals surface area contributed by atoms with E-state index in [4.69, 9.17) is 0 Å². The number of anilines is 1. The van der Waals surface area contributed by atoms with Gasteiger partial charge in [0.25, 0.3) is 5.91 Å². The molecule has 5 nitrogen and oxygen atoms in total. The summed E-state index contributed by atoms with van der Waals surface area (Å²) in [7, 11) is 0. The quantitative estimate of drug-likeness (QED) is 0.785. The summed E-state index contributed by atoms with van der Waals surface area (Å²) in [4.78, 5) is 16.3. The van der Waals surface area contributed by atoms with Crippen LogP contribution in [-0.4, -0.2) is 20.5 Å². The Morgan fingerprint density at radius 1 is 1.30 bits per heavy atom. The lowest BCUT2D eigenvalue weighted by molar-refractivity contribution is 0.102. The van der Waals surface area contributed by atoms with Gasteiger partial charge in [-0.3, -0.25) is 4.79 Å². The van der Waals surface area contributed by atoms with E-state index in [0.29, 0.717) is 17.0 Å². The van der Waals surface area contributed by atoms with Crippen LogP contribution in [0.1, 0.15) is 16.1 Å². The summed E-state index contributed by atoms with van der Waals surface area (Å²) in [6.45, 7) is 1.99. The molecule has 2 aromatic heterocycles. The maximum Gasteiger partial charge on any atom is 0.276 e. The summed E-state index contributed by atoms with van der Waals surface area (Å²) >= 11 is 3.43. The SMILES string of the molecule is Cc1ccc(NC(=O)c2ccc3nccn3n2)c(Br)c1. The molecule has 0 saturated carbocycles. The second-order valence-electron chi connectivity index (χ2n) is 4.39. The second-order valence-corrected chi connectivity index (χ2v) is 5.24. The third-order valence-corrected chi connectivity index (χ3v) is 3.52. The molecular weight excluding hydrogens is 320 g/mol. The first-order valence-electron chi connectivity index (χ1n) is 6.01. The van der Waals surface area contributed by atoms with Crippen molar-refractivity contribution in [2.45, 2.75) is 6.92 Å². The van der Waals surface area contributed by atoms with Gasteiger partial charge in [0, 0.05) is 16.9 Å². The van der Waals surface area contributed by atoms with Gasteiger partial charge >= 0.3 is 0 Å². The van der Waals surface area contributed by atoms with Gasteiger partial charge in [-0.05, 0) is 52.7 Å². The number of carbonyl (C=O) groups is 1. The van der Waals surface area contributed by atoms with E-state index in [2.05, 4.69) is 31.3 Å². The van der Waals surface area contributed by atoms with Crippen molar-refractivity contribution in [3.63, 3.8) is 0 Å². The number of imidazole rings is 1. The normalized spacial score (nSPS) is 10.7. The van der Waals surface area contributed by atoms with Crippen molar-refractivity contribution in [1.29, 1.82) is 0 Å². The highest BCUT2D eigenvalue weighted by Crippen LogP contribution is 2.23. The zero-order chi connectivity index (χ0) is 14.1. The molecule has 1 amide bonds. The number of aromatic nitrogens is 3. The number of aryl methyl sites for hydroxylation is 1. The van der Waals surface area contributed by atoms with E-state index >= 15 is 0 Å². The third-order valence-electron chi connectivity index (χ3n) is 2.86. The number of nitrogens with zero attached hydrogens (tertiary/aromatic N) is 3. The van der Waals surface area contributed by atoms with Crippen LogP contribution >= 0.6 is 15.9 Å². The van der Waals surface area contributed by atoms with Gasteiger partial charge in [0.2, 0.25) is 0 Å². The summed E-state index contributed by atoms with van der Waals surface area (Å²) in [6, 6.07) is 9.15. The van der Waals surface area contributed by atoms with Crippen molar-refractivity contribution in [2.75, 3.05) is 5.32 Å². The molecule has 2 heterocycles. The summed E-state index contributed by atoms with van der Waals surface area (Å²) < 4.78 is 2.41. The maximum absolute atomic E-state index is 12.2. The lowest BCUT2D eigenvalue weighted by Crippen LogP contribution is -2.15. The van der Waals surface area contributed by atoms with E-state index in [1.165, 1.54) is 0 Å². The van der Waals surface area contributed by atoms with Crippen molar-refractivity contribution < 1.29 is 4.79 Å². The fourth-order valence-corrected chi connectivity index (χ4v) is 2.44. The highest BCUT2D eigenvalue weighted by atomic mass is 79.9. The number of nitrogens with one attached hydrogen (secondary N) is 1. The monoisotopic (exact) mass is 330 g/mol. The molecule has 3 aromatic rings. The van der Waals surface area contributed by atoms with Gasteiger partial charge < -0.3 is 5.32 Å². The number of carbonyl (C=O) groups excluding carboxylic acids is 1. The first-order chi connectivity index (χ1) is 9.63. The lowest BCUT2D eigenvalue weighted by Gasteiger charge is -2.07. The predicted octanol–water partition coefficient (Wildman–Crippen LogP) is 3.05. The molecule has 1 aromatic carbocycles. The van der Waals surface area contributed by atoms with Crippen molar-refractivity contribution >= 4 is 33.2 Å². The number of hydrogen-bond acceptors (Lipinski definition) is 3. The van der Waals surface area contributed by atoms with E-state index in [-0.39, 0.29) is 5.91 Å². The van der Waals surface area contributed by atoms with Crippen LogP contribution in [0.15, 0.2) is 47.2 Å². The summed E-state index contributed by atoms with van der Waals surface area (Å²) in [5.74, 6) is -0.259. The van der Waals surface area contributed by atoms with Crippen LogP contribution in [0.4, 0.5) is 5.69 Å².